The smallest absolute Gasteiger partial charge is 0.273 e. The normalized spacial score (nSPS) is 10.6. The van der Waals surface area contributed by atoms with E-state index >= 15 is 0 Å². The van der Waals surface area contributed by atoms with Gasteiger partial charge in [0.15, 0.2) is 0 Å². The lowest BCUT2D eigenvalue weighted by atomic mass is 10.2. The lowest BCUT2D eigenvalue weighted by Crippen LogP contribution is -2.35. The van der Waals surface area contributed by atoms with Crippen molar-refractivity contribution in [2.24, 2.45) is 0 Å². The molecule has 150 valence electrons. The minimum Gasteiger partial charge on any atom is -0.491 e. The van der Waals surface area contributed by atoms with Crippen LogP contribution in [0.4, 0.5) is 5.69 Å². The summed E-state index contributed by atoms with van der Waals surface area (Å²) in [5, 5.41) is 5.22. The van der Waals surface area contributed by atoms with Gasteiger partial charge in [-0.1, -0.05) is 18.2 Å². The van der Waals surface area contributed by atoms with Gasteiger partial charge in [-0.2, -0.15) is 0 Å². The SMILES string of the molecule is CC(C)Oc1ccc(-c2nc(C(=O)N(C)CC(=O)Nc3ccccc3)cs2)cc1. The lowest BCUT2D eigenvalue weighted by Gasteiger charge is -2.15. The van der Waals surface area contributed by atoms with Crippen LogP contribution < -0.4 is 10.1 Å². The average molecular weight is 410 g/mol. The van der Waals surface area contributed by atoms with Crippen LogP contribution in [-0.2, 0) is 4.79 Å². The number of carbonyl (C=O) groups is 2. The topological polar surface area (TPSA) is 71.5 Å². The summed E-state index contributed by atoms with van der Waals surface area (Å²) in [6.07, 6.45) is 0.111. The maximum atomic E-state index is 12.6. The van der Waals surface area contributed by atoms with E-state index in [-0.39, 0.29) is 24.5 Å². The van der Waals surface area contributed by atoms with Crippen LogP contribution in [0.15, 0.2) is 60.0 Å². The molecule has 0 atom stereocenters. The van der Waals surface area contributed by atoms with E-state index in [1.54, 1.807) is 24.6 Å². The van der Waals surface area contributed by atoms with Gasteiger partial charge in [0, 0.05) is 23.7 Å². The summed E-state index contributed by atoms with van der Waals surface area (Å²) in [4.78, 5) is 30.6. The zero-order valence-electron chi connectivity index (χ0n) is 16.6. The minimum atomic E-state index is -0.296. The number of nitrogens with one attached hydrogen (secondary N) is 1. The van der Waals surface area contributed by atoms with Gasteiger partial charge in [-0.05, 0) is 50.2 Å². The number of thiazole rings is 1. The van der Waals surface area contributed by atoms with Gasteiger partial charge in [0.25, 0.3) is 5.91 Å². The molecule has 0 saturated carbocycles. The predicted octanol–water partition coefficient (Wildman–Crippen LogP) is 4.31. The molecule has 0 aliphatic heterocycles. The van der Waals surface area contributed by atoms with Crippen molar-refractivity contribution in [1.29, 1.82) is 0 Å². The van der Waals surface area contributed by atoms with E-state index in [0.29, 0.717) is 11.4 Å². The number of carbonyl (C=O) groups excluding carboxylic acids is 2. The number of nitrogens with zero attached hydrogens (tertiary/aromatic N) is 2. The summed E-state index contributed by atoms with van der Waals surface area (Å²) < 4.78 is 5.64. The lowest BCUT2D eigenvalue weighted by molar-refractivity contribution is -0.116. The molecule has 0 unspecified atom stereocenters. The molecule has 7 heteroatoms. The molecule has 0 bridgehead atoms. The Morgan fingerprint density at radius 3 is 2.45 bits per heavy atom. The van der Waals surface area contributed by atoms with E-state index in [9.17, 15) is 9.59 Å². The number of benzene rings is 2. The molecule has 2 aromatic carbocycles. The molecule has 2 amide bonds. The van der Waals surface area contributed by atoms with E-state index in [4.69, 9.17) is 4.74 Å². The molecule has 0 spiro atoms. The molecular formula is C22H23N3O3S. The van der Waals surface area contributed by atoms with Gasteiger partial charge in [-0.25, -0.2) is 4.98 Å². The van der Waals surface area contributed by atoms with Crippen LogP contribution in [0.25, 0.3) is 10.6 Å². The highest BCUT2D eigenvalue weighted by atomic mass is 32.1. The van der Waals surface area contributed by atoms with Crippen molar-refractivity contribution in [1.82, 2.24) is 9.88 Å². The molecule has 0 aliphatic carbocycles. The first-order valence-corrected chi connectivity index (χ1v) is 10.1. The van der Waals surface area contributed by atoms with Crippen LogP contribution in [-0.4, -0.2) is 41.4 Å². The summed E-state index contributed by atoms with van der Waals surface area (Å²) in [5.74, 6) is 0.236. The standard InChI is InChI=1S/C22H23N3O3S/c1-15(2)28-18-11-9-16(10-12-18)21-24-19(14-29-21)22(27)25(3)13-20(26)23-17-7-5-4-6-8-17/h4-12,14-15H,13H2,1-3H3,(H,23,26). The van der Waals surface area contributed by atoms with Crippen LogP contribution in [0.5, 0.6) is 5.75 Å². The van der Waals surface area contributed by atoms with Crippen molar-refractivity contribution >= 4 is 28.8 Å². The Bertz CT molecular complexity index is 968. The van der Waals surface area contributed by atoms with Gasteiger partial charge in [-0.3, -0.25) is 9.59 Å². The molecule has 3 rings (SSSR count). The summed E-state index contributed by atoms with van der Waals surface area (Å²) in [7, 11) is 1.59. The van der Waals surface area contributed by atoms with E-state index < -0.39 is 0 Å². The number of anilines is 1. The van der Waals surface area contributed by atoms with E-state index in [0.717, 1.165) is 16.3 Å². The highest BCUT2D eigenvalue weighted by Crippen LogP contribution is 2.26. The fourth-order valence-electron chi connectivity index (χ4n) is 2.66. The number of likely N-dealkylation sites (N-methyl/N-ethyl adjacent to an activating group) is 1. The van der Waals surface area contributed by atoms with Gasteiger partial charge in [0.1, 0.15) is 16.5 Å². The van der Waals surface area contributed by atoms with Crippen LogP contribution in [0.2, 0.25) is 0 Å². The Hall–Kier alpha value is -3.19. The zero-order valence-corrected chi connectivity index (χ0v) is 17.4. The summed E-state index contributed by atoms with van der Waals surface area (Å²) in [6, 6.07) is 16.7. The molecule has 1 heterocycles. The van der Waals surface area contributed by atoms with Gasteiger partial charge in [0.05, 0.1) is 12.6 Å². The van der Waals surface area contributed by atoms with Crippen molar-refractivity contribution in [2.75, 3.05) is 18.9 Å². The van der Waals surface area contributed by atoms with Crippen LogP contribution in [0, 0.1) is 0 Å². The second-order valence-corrected chi connectivity index (χ2v) is 7.66. The quantitative estimate of drug-likeness (QED) is 0.631. The van der Waals surface area contributed by atoms with Crippen LogP contribution in [0.3, 0.4) is 0 Å². The summed E-state index contributed by atoms with van der Waals surface area (Å²) in [5.41, 5.74) is 1.93. The molecule has 3 aromatic rings. The van der Waals surface area contributed by atoms with Crippen LogP contribution >= 0.6 is 11.3 Å². The van der Waals surface area contributed by atoms with Crippen molar-refractivity contribution in [2.45, 2.75) is 20.0 Å². The number of para-hydroxylation sites is 1. The highest BCUT2D eigenvalue weighted by Gasteiger charge is 2.18. The minimum absolute atomic E-state index is 0.0537. The maximum absolute atomic E-state index is 12.6. The van der Waals surface area contributed by atoms with Crippen molar-refractivity contribution in [3.8, 4) is 16.3 Å². The first-order valence-electron chi connectivity index (χ1n) is 9.25. The Labute approximate surface area is 174 Å². The Balaban J connectivity index is 1.61. The number of aromatic nitrogens is 1. The third-order valence-corrected chi connectivity index (χ3v) is 4.87. The Kier molecular flexibility index (Phi) is 6.61. The first-order chi connectivity index (χ1) is 13.9. The number of rotatable bonds is 7. The third-order valence-electron chi connectivity index (χ3n) is 3.98. The Morgan fingerprint density at radius 2 is 1.79 bits per heavy atom. The number of hydrogen-bond donors (Lipinski definition) is 1. The molecule has 1 aromatic heterocycles. The van der Waals surface area contributed by atoms with Crippen molar-refractivity contribution < 1.29 is 14.3 Å². The molecule has 6 nitrogen and oxygen atoms in total. The zero-order chi connectivity index (χ0) is 20.8. The molecule has 0 fully saturated rings. The summed E-state index contributed by atoms with van der Waals surface area (Å²) >= 11 is 1.39. The van der Waals surface area contributed by atoms with Gasteiger partial charge < -0.3 is 15.0 Å². The fourth-order valence-corrected chi connectivity index (χ4v) is 3.46. The second kappa shape index (κ2) is 9.34. The summed E-state index contributed by atoms with van der Waals surface area (Å²) in [6.45, 7) is 3.90. The molecular weight excluding hydrogens is 386 g/mol. The maximum Gasteiger partial charge on any atom is 0.273 e. The van der Waals surface area contributed by atoms with Gasteiger partial charge in [-0.15, -0.1) is 11.3 Å². The molecule has 1 N–H and O–H groups in total. The molecule has 0 aliphatic rings. The molecule has 0 radical (unpaired) electrons. The second-order valence-electron chi connectivity index (χ2n) is 6.80. The molecule has 0 saturated heterocycles. The fraction of sp³-hybridized carbons (Fsp3) is 0.227. The highest BCUT2D eigenvalue weighted by molar-refractivity contribution is 7.13. The van der Waals surface area contributed by atoms with E-state index in [2.05, 4.69) is 10.3 Å². The van der Waals surface area contributed by atoms with E-state index in [1.165, 1.54) is 16.2 Å². The number of amides is 2. The monoisotopic (exact) mass is 409 g/mol. The number of hydrogen-bond acceptors (Lipinski definition) is 5. The largest absolute Gasteiger partial charge is 0.491 e. The Morgan fingerprint density at radius 1 is 1.10 bits per heavy atom. The van der Waals surface area contributed by atoms with Crippen molar-refractivity contribution in [3.05, 3.63) is 65.7 Å². The van der Waals surface area contributed by atoms with Crippen molar-refractivity contribution in [3.63, 3.8) is 0 Å². The van der Waals surface area contributed by atoms with Gasteiger partial charge >= 0.3 is 0 Å². The van der Waals surface area contributed by atoms with E-state index in [1.807, 2.05) is 56.3 Å². The number of ether oxygens (including phenoxy) is 1. The van der Waals surface area contributed by atoms with Gasteiger partial charge in [0.2, 0.25) is 5.91 Å². The van der Waals surface area contributed by atoms with Crippen LogP contribution in [0.1, 0.15) is 24.3 Å². The molecule has 29 heavy (non-hydrogen) atoms. The predicted molar refractivity (Wildman–Crippen MR) is 115 cm³/mol. The average Bonchev–Trinajstić information content (AvgIpc) is 3.18. The first kappa shape index (κ1) is 20.5. The third kappa shape index (κ3) is 5.65.